The summed E-state index contributed by atoms with van der Waals surface area (Å²) in [6.07, 6.45) is 4.69. The standard InChI is InChI=1S/C12H20N2O/c1-11(5-4-10-15)13-9-7-12-6-2-3-8-14-12/h2-3,6,8,11,13,15H,4-5,7,9-10H2,1H3. The topological polar surface area (TPSA) is 45.1 Å². The number of hydrogen-bond acceptors (Lipinski definition) is 3. The van der Waals surface area contributed by atoms with Crippen LogP contribution < -0.4 is 5.32 Å². The molecule has 1 heterocycles. The van der Waals surface area contributed by atoms with Crippen molar-refractivity contribution in [2.24, 2.45) is 0 Å². The lowest BCUT2D eigenvalue weighted by molar-refractivity contribution is 0.276. The second-order valence-corrected chi connectivity index (χ2v) is 3.79. The Kier molecular flexibility index (Phi) is 5.97. The Morgan fingerprint density at radius 1 is 1.47 bits per heavy atom. The first-order valence-corrected chi connectivity index (χ1v) is 5.57. The minimum absolute atomic E-state index is 0.284. The zero-order valence-corrected chi connectivity index (χ0v) is 9.32. The summed E-state index contributed by atoms with van der Waals surface area (Å²) in [6, 6.07) is 6.46. The molecule has 0 aromatic carbocycles. The number of aliphatic hydroxyl groups is 1. The molecule has 1 unspecified atom stereocenters. The molecular weight excluding hydrogens is 188 g/mol. The lowest BCUT2D eigenvalue weighted by Crippen LogP contribution is -2.28. The minimum atomic E-state index is 0.284. The molecule has 15 heavy (non-hydrogen) atoms. The van der Waals surface area contributed by atoms with E-state index in [2.05, 4.69) is 17.2 Å². The van der Waals surface area contributed by atoms with Gasteiger partial charge in [0.1, 0.15) is 0 Å². The van der Waals surface area contributed by atoms with Crippen molar-refractivity contribution in [1.29, 1.82) is 0 Å². The van der Waals surface area contributed by atoms with Crippen LogP contribution in [-0.2, 0) is 6.42 Å². The van der Waals surface area contributed by atoms with Crippen LogP contribution in [0.5, 0.6) is 0 Å². The number of hydrogen-bond donors (Lipinski definition) is 2. The monoisotopic (exact) mass is 208 g/mol. The van der Waals surface area contributed by atoms with E-state index in [0.29, 0.717) is 6.04 Å². The Balaban J connectivity index is 2.11. The van der Waals surface area contributed by atoms with E-state index >= 15 is 0 Å². The van der Waals surface area contributed by atoms with E-state index in [0.717, 1.165) is 31.5 Å². The van der Waals surface area contributed by atoms with Crippen LogP contribution in [0, 0.1) is 0 Å². The van der Waals surface area contributed by atoms with Crippen LogP contribution in [0.25, 0.3) is 0 Å². The Bertz CT molecular complexity index is 251. The third-order valence-corrected chi connectivity index (χ3v) is 2.40. The predicted octanol–water partition coefficient (Wildman–Crippen LogP) is 1.37. The summed E-state index contributed by atoms with van der Waals surface area (Å²) in [4.78, 5) is 4.26. The van der Waals surface area contributed by atoms with Gasteiger partial charge < -0.3 is 10.4 Å². The molecular formula is C12H20N2O. The fraction of sp³-hybridized carbons (Fsp3) is 0.583. The summed E-state index contributed by atoms with van der Waals surface area (Å²) >= 11 is 0. The number of aromatic nitrogens is 1. The second kappa shape index (κ2) is 7.37. The van der Waals surface area contributed by atoms with Gasteiger partial charge in [0, 0.05) is 37.5 Å². The third-order valence-electron chi connectivity index (χ3n) is 2.40. The van der Waals surface area contributed by atoms with Crippen molar-refractivity contribution in [3.63, 3.8) is 0 Å². The van der Waals surface area contributed by atoms with Gasteiger partial charge in [0.2, 0.25) is 0 Å². The van der Waals surface area contributed by atoms with Crippen molar-refractivity contribution in [2.75, 3.05) is 13.2 Å². The lowest BCUT2D eigenvalue weighted by atomic mass is 10.2. The van der Waals surface area contributed by atoms with E-state index in [1.54, 1.807) is 0 Å². The SMILES string of the molecule is CC(CCCO)NCCc1ccccn1. The summed E-state index contributed by atoms with van der Waals surface area (Å²) in [5.41, 5.74) is 1.12. The van der Waals surface area contributed by atoms with Gasteiger partial charge in [-0.3, -0.25) is 4.98 Å². The normalized spacial score (nSPS) is 12.7. The fourth-order valence-corrected chi connectivity index (χ4v) is 1.49. The molecule has 1 rings (SSSR count). The first-order chi connectivity index (χ1) is 7.33. The van der Waals surface area contributed by atoms with Crippen LogP contribution >= 0.6 is 0 Å². The van der Waals surface area contributed by atoms with Crippen LogP contribution in [0.4, 0.5) is 0 Å². The summed E-state index contributed by atoms with van der Waals surface area (Å²) in [7, 11) is 0. The Morgan fingerprint density at radius 3 is 3.00 bits per heavy atom. The Labute approximate surface area is 91.5 Å². The molecule has 3 nitrogen and oxygen atoms in total. The lowest BCUT2D eigenvalue weighted by Gasteiger charge is -2.12. The van der Waals surface area contributed by atoms with Gasteiger partial charge in [-0.2, -0.15) is 0 Å². The largest absolute Gasteiger partial charge is 0.396 e. The van der Waals surface area contributed by atoms with E-state index < -0.39 is 0 Å². The molecule has 0 aliphatic carbocycles. The molecule has 0 aliphatic heterocycles. The molecule has 1 aromatic rings. The molecule has 84 valence electrons. The van der Waals surface area contributed by atoms with E-state index in [9.17, 15) is 0 Å². The summed E-state index contributed by atoms with van der Waals surface area (Å²) < 4.78 is 0. The van der Waals surface area contributed by atoms with E-state index in [-0.39, 0.29) is 6.61 Å². The van der Waals surface area contributed by atoms with Crippen LogP contribution in [0.3, 0.4) is 0 Å². The van der Waals surface area contributed by atoms with E-state index in [1.165, 1.54) is 0 Å². The highest BCUT2D eigenvalue weighted by Gasteiger charge is 2.00. The first-order valence-electron chi connectivity index (χ1n) is 5.57. The van der Waals surface area contributed by atoms with Gasteiger partial charge in [-0.1, -0.05) is 6.07 Å². The van der Waals surface area contributed by atoms with Crippen LogP contribution in [0.15, 0.2) is 24.4 Å². The third kappa shape index (κ3) is 5.50. The predicted molar refractivity (Wildman–Crippen MR) is 61.7 cm³/mol. The van der Waals surface area contributed by atoms with Gasteiger partial charge in [-0.15, -0.1) is 0 Å². The van der Waals surface area contributed by atoms with Crippen molar-refractivity contribution < 1.29 is 5.11 Å². The summed E-state index contributed by atoms with van der Waals surface area (Å²) in [6.45, 7) is 3.38. The van der Waals surface area contributed by atoms with Crippen LogP contribution in [-0.4, -0.2) is 29.3 Å². The van der Waals surface area contributed by atoms with E-state index in [1.807, 2.05) is 24.4 Å². The molecule has 1 atom stereocenters. The number of aliphatic hydroxyl groups excluding tert-OH is 1. The number of nitrogens with zero attached hydrogens (tertiary/aromatic N) is 1. The highest BCUT2D eigenvalue weighted by molar-refractivity contribution is 5.03. The van der Waals surface area contributed by atoms with Crippen molar-refractivity contribution in [1.82, 2.24) is 10.3 Å². The van der Waals surface area contributed by atoms with Gasteiger partial charge in [0.05, 0.1) is 0 Å². The molecule has 3 heteroatoms. The first kappa shape index (κ1) is 12.1. The van der Waals surface area contributed by atoms with E-state index in [4.69, 9.17) is 5.11 Å². The maximum Gasteiger partial charge on any atom is 0.0431 e. The fourth-order valence-electron chi connectivity index (χ4n) is 1.49. The van der Waals surface area contributed by atoms with Crippen molar-refractivity contribution in [3.8, 4) is 0 Å². The molecule has 0 bridgehead atoms. The maximum atomic E-state index is 8.68. The summed E-state index contributed by atoms with van der Waals surface area (Å²) in [5.74, 6) is 0. The van der Waals surface area contributed by atoms with Gasteiger partial charge >= 0.3 is 0 Å². The molecule has 0 fully saturated rings. The molecule has 0 aliphatic rings. The van der Waals surface area contributed by atoms with Crippen molar-refractivity contribution in [3.05, 3.63) is 30.1 Å². The average molecular weight is 208 g/mol. The number of pyridine rings is 1. The van der Waals surface area contributed by atoms with Crippen molar-refractivity contribution in [2.45, 2.75) is 32.2 Å². The van der Waals surface area contributed by atoms with Gasteiger partial charge in [-0.05, 0) is 31.9 Å². The molecule has 0 amide bonds. The quantitative estimate of drug-likeness (QED) is 0.711. The molecule has 0 radical (unpaired) electrons. The molecule has 0 saturated carbocycles. The molecule has 0 saturated heterocycles. The number of nitrogens with one attached hydrogen (secondary N) is 1. The Morgan fingerprint density at radius 2 is 2.33 bits per heavy atom. The second-order valence-electron chi connectivity index (χ2n) is 3.79. The maximum absolute atomic E-state index is 8.68. The smallest absolute Gasteiger partial charge is 0.0431 e. The Hall–Kier alpha value is -0.930. The highest BCUT2D eigenvalue weighted by Crippen LogP contribution is 1.97. The minimum Gasteiger partial charge on any atom is -0.396 e. The summed E-state index contributed by atoms with van der Waals surface area (Å²) in [5, 5.41) is 12.1. The van der Waals surface area contributed by atoms with Gasteiger partial charge in [-0.25, -0.2) is 0 Å². The van der Waals surface area contributed by atoms with Gasteiger partial charge in [0.15, 0.2) is 0 Å². The van der Waals surface area contributed by atoms with Crippen molar-refractivity contribution >= 4 is 0 Å². The zero-order valence-electron chi connectivity index (χ0n) is 9.32. The molecule has 2 N–H and O–H groups in total. The van der Waals surface area contributed by atoms with Crippen LogP contribution in [0.2, 0.25) is 0 Å². The molecule has 0 spiro atoms. The average Bonchev–Trinajstić information content (AvgIpc) is 2.28. The van der Waals surface area contributed by atoms with Gasteiger partial charge in [0.25, 0.3) is 0 Å². The highest BCUT2D eigenvalue weighted by atomic mass is 16.2. The number of rotatable bonds is 7. The van der Waals surface area contributed by atoms with Crippen LogP contribution in [0.1, 0.15) is 25.5 Å². The zero-order chi connectivity index (χ0) is 10.9. The molecule has 1 aromatic heterocycles.